The van der Waals surface area contributed by atoms with Crippen LogP contribution in [0.1, 0.15) is 32.8 Å². The van der Waals surface area contributed by atoms with Gasteiger partial charge in [0.25, 0.3) is 5.91 Å². The molecule has 5 N–H and O–H groups in total. The molecule has 0 spiro atoms. The summed E-state index contributed by atoms with van der Waals surface area (Å²) in [7, 11) is 0. The van der Waals surface area contributed by atoms with Crippen LogP contribution in [0.25, 0.3) is 10.9 Å². The van der Waals surface area contributed by atoms with Gasteiger partial charge in [-0.15, -0.1) is 0 Å². The second-order valence-corrected chi connectivity index (χ2v) is 6.42. The first kappa shape index (κ1) is 19.9. The van der Waals surface area contributed by atoms with Gasteiger partial charge in [0.05, 0.1) is 34.5 Å². The number of phenolic OH excluding ortho intramolecular Hbond substituents is 1. The SMILES string of the molecule is Cc1nc2cccc(OCCCNC(=O)c3ccccc3O)c2c(N)c1C(=O)O. The van der Waals surface area contributed by atoms with Crippen LogP contribution in [-0.4, -0.2) is 40.2 Å². The van der Waals surface area contributed by atoms with E-state index in [1.54, 1.807) is 37.3 Å². The highest BCUT2D eigenvalue weighted by atomic mass is 16.5. The lowest BCUT2D eigenvalue weighted by Gasteiger charge is -2.14. The lowest BCUT2D eigenvalue weighted by atomic mass is 10.1. The van der Waals surface area contributed by atoms with Crippen molar-refractivity contribution in [2.75, 3.05) is 18.9 Å². The summed E-state index contributed by atoms with van der Waals surface area (Å²) >= 11 is 0. The monoisotopic (exact) mass is 395 g/mol. The zero-order valence-corrected chi connectivity index (χ0v) is 15.8. The van der Waals surface area contributed by atoms with E-state index in [2.05, 4.69) is 10.3 Å². The normalized spacial score (nSPS) is 10.7. The maximum atomic E-state index is 12.1. The standard InChI is InChI=1S/C21H21N3O5/c1-12-17(21(27)28)19(22)18-14(24-12)7-4-9-16(18)29-11-5-10-23-20(26)13-6-2-3-8-15(13)25/h2-4,6-9,25H,5,10-11H2,1H3,(H2,22,24)(H,23,26)(H,27,28). The topological polar surface area (TPSA) is 135 Å². The van der Waals surface area contributed by atoms with E-state index in [1.807, 2.05) is 0 Å². The summed E-state index contributed by atoms with van der Waals surface area (Å²) in [6.07, 6.45) is 0.501. The van der Waals surface area contributed by atoms with Crippen LogP contribution in [0, 0.1) is 6.92 Å². The Morgan fingerprint density at radius 1 is 1.17 bits per heavy atom. The molecule has 8 heteroatoms. The van der Waals surface area contributed by atoms with Crippen LogP contribution in [0.3, 0.4) is 0 Å². The summed E-state index contributed by atoms with van der Waals surface area (Å²) in [5.41, 5.74) is 7.26. The maximum Gasteiger partial charge on any atom is 0.339 e. The molecule has 0 aliphatic carbocycles. The molecule has 29 heavy (non-hydrogen) atoms. The summed E-state index contributed by atoms with van der Waals surface area (Å²) in [6, 6.07) is 11.5. The Kier molecular flexibility index (Phi) is 5.82. The molecule has 0 fully saturated rings. The highest BCUT2D eigenvalue weighted by molar-refractivity contribution is 6.06. The molecule has 0 aliphatic heterocycles. The van der Waals surface area contributed by atoms with E-state index in [-0.39, 0.29) is 35.1 Å². The summed E-state index contributed by atoms with van der Waals surface area (Å²) in [4.78, 5) is 27.8. The molecule has 1 amide bonds. The lowest BCUT2D eigenvalue weighted by Crippen LogP contribution is -2.25. The van der Waals surface area contributed by atoms with Gasteiger partial charge in [0.2, 0.25) is 0 Å². The number of aryl methyl sites for hydroxylation is 1. The number of carbonyl (C=O) groups is 2. The molecule has 0 unspecified atom stereocenters. The number of carboxylic acid groups (broad SMARTS) is 1. The smallest absolute Gasteiger partial charge is 0.339 e. The molecule has 0 aliphatic rings. The Balaban J connectivity index is 1.65. The molecular weight excluding hydrogens is 374 g/mol. The summed E-state index contributed by atoms with van der Waals surface area (Å²) in [5.74, 6) is -1.16. The lowest BCUT2D eigenvalue weighted by molar-refractivity contribution is 0.0696. The van der Waals surface area contributed by atoms with Crippen LogP contribution in [0.4, 0.5) is 5.69 Å². The number of carbonyl (C=O) groups excluding carboxylic acids is 1. The highest BCUT2D eigenvalue weighted by Crippen LogP contribution is 2.33. The molecule has 2 aromatic carbocycles. The minimum absolute atomic E-state index is 0.0384. The molecule has 150 valence electrons. The van der Waals surface area contributed by atoms with Gasteiger partial charge in [-0.1, -0.05) is 18.2 Å². The zero-order chi connectivity index (χ0) is 21.0. The number of rotatable bonds is 7. The van der Waals surface area contributed by atoms with Crippen LogP contribution >= 0.6 is 0 Å². The first-order chi connectivity index (χ1) is 13.9. The van der Waals surface area contributed by atoms with Gasteiger partial charge in [0.15, 0.2) is 0 Å². The van der Waals surface area contributed by atoms with Gasteiger partial charge in [0, 0.05) is 6.54 Å². The Bertz CT molecular complexity index is 1080. The molecular formula is C21H21N3O5. The number of anilines is 1. The number of pyridine rings is 1. The second kappa shape index (κ2) is 8.47. The number of para-hydroxylation sites is 1. The molecule has 8 nitrogen and oxygen atoms in total. The van der Waals surface area contributed by atoms with Crippen molar-refractivity contribution in [2.45, 2.75) is 13.3 Å². The number of hydrogen-bond acceptors (Lipinski definition) is 6. The molecule has 3 rings (SSSR count). The number of phenols is 1. The number of nitrogens with one attached hydrogen (secondary N) is 1. The van der Waals surface area contributed by atoms with Crippen molar-refractivity contribution in [3.63, 3.8) is 0 Å². The van der Waals surface area contributed by atoms with Gasteiger partial charge < -0.3 is 26.0 Å². The van der Waals surface area contributed by atoms with Gasteiger partial charge in [-0.25, -0.2) is 4.79 Å². The van der Waals surface area contributed by atoms with Gasteiger partial charge in [-0.3, -0.25) is 9.78 Å². The molecule has 0 bridgehead atoms. The number of hydrogen-bond donors (Lipinski definition) is 4. The van der Waals surface area contributed by atoms with Crippen molar-refractivity contribution in [3.05, 3.63) is 59.3 Å². The van der Waals surface area contributed by atoms with E-state index in [4.69, 9.17) is 10.5 Å². The number of benzene rings is 2. The van der Waals surface area contributed by atoms with Gasteiger partial charge in [-0.2, -0.15) is 0 Å². The molecule has 3 aromatic rings. The number of amides is 1. The van der Waals surface area contributed by atoms with Crippen LogP contribution in [0.5, 0.6) is 11.5 Å². The number of nitrogen functional groups attached to an aromatic ring is 1. The van der Waals surface area contributed by atoms with E-state index in [9.17, 15) is 19.8 Å². The third kappa shape index (κ3) is 4.21. The summed E-state index contributed by atoms with van der Waals surface area (Å²) < 4.78 is 5.77. The largest absolute Gasteiger partial charge is 0.507 e. The van der Waals surface area contributed by atoms with Crippen LogP contribution in [-0.2, 0) is 0 Å². The average Bonchev–Trinajstić information content (AvgIpc) is 2.67. The first-order valence-electron chi connectivity index (χ1n) is 9.01. The predicted molar refractivity (Wildman–Crippen MR) is 108 cm³/mol. The Hall–Kier alpha value is -3.81. The number of fused-ring (bicyclic) bond motifs is 1. The maximum absolute atomic E-state index is 12.1. The van der Waals surface area contributed by atoms with Gasteiger partial charge in [0.1, 0.15) is 17.1 Å². The zero-order valence-electron chi connectivity index (χ0n) is 15.8. The van der Waals surface area contributed by atoms with Crippen molar-refractivity contribution >= 4 is 28.5 Å². The van der Waals surface area contributed by atoms with Gasteiger partial charge in [-0.05, 0) is 37.6 Å². The molecule has 0 saturated heterocycles. The molecule has 0 saturated carbocycles. The molecule has 0 atom stereocenters. The Morgan fingerprint density at radius 2 is 1.93 bits per heavy atom. The number of nitrogens with zero attached hydrogens (tertiary/aromatic N) is 1. The van der Waals surface area contributed by atoms with Gasteiger partial charge >= 0.3 is 5.97 Å². The number of ether oxygens (including phenoxy) is 1. The Morgan fingerprint density at radius 3 is 2.66 bits per heavy atom. The Labute approximate surface area is 166 Å². The fourth-order valence-corrected chi connectivity index (χ4v) is 3.05. The second-order valence-electron chi connectivity index (χ2n) is 6.42. The third-order valence-corrected chi connectivity index (χ3v) is 4.42. The number of aromatic hydroxyl groups is 1. The number of nitrogens with two attached hydrogens (primary N) is 1. The van der Waals surface area contributed by atoms with Crippen molar-refractivity contribution in [1.82, 2.24) is 10.3 Å². The first-order valence-corrected chi connectivity index (χ1v) is 9.01. The summed E-state index contributed by atoms with van der Waals surface area (Å²) in [6.45, 7) is 2.21. The van der Waals surface area contributed by atoms with E-state index in [0.717, 1.165) is 0 Å². The van der Waals surface area contributed by atoms with Crippen molar-refractivity contribution in [1.29, 1.82) is 0 Å². The predicted octanol–water partition coefficient (Wildman–Crippen LogP) is 2.73. The molecule has 1 heterocycles. The highest BCUT2D eigenvalue weighted by Gasteiger charge is 2.18. The fourth-order valence-electron chi connectivity index (χ4n) is 3.05. The number of carboxylic acids is 1. The number of aromatic nitrogens is 1. The molecule has 1 aromatic heterocycles. The van der Waals surface area contributed by atoms with Crippen molar-refractivity contribution in [3.8, 4) is 11.5 Å². The number of aromatic carboxylic acids is 1. The van der Waals surface area contributed by atoms with Crippen LogP contribution in [0.2, 0.25) is 0 Å². The van der Waals surface area contributed by atoms with Crippen LogP contribution in [0.15, 0.2) is 42.5 Å². The van der Waals surface area contributed by atoms with E-state index in [1.165, 1.54) is 12.1 Å². The van der Waals surface area contributed by atoms with E-state index < -0.39 is 5.97 Å². The third-order valence-electron chi connectivity index (χ3n) is 4.42. The van der Waals surface area contributed by atoms with Crippen LogP contribution < -0.4 is 15.8 Å². The fraction of sp³-hybridized carbons (Fsp3) is 0.190. The minimum atomic E-state index is -1.14. The quantitative estimate of drug-likeness (QED) is 0.452. The average molecular weight is 395 g/mol. The van der Waals surface area contributed by atoms with E-state index >= 15 is 0 Å². The molecule has 0 radical (unpaired) electrons. The van der Waals surface area contributed by atoms with E-state index in [0.29, 0.717) is 35.3 Å². The van der Waals surface area contributed by atoms with Crippen molar-refractivity contribution < 1.29 is 24.5 Å². The van der Waals surface area contributed by atoms with Crippen molar-refractivity contribution in [2.24, 2.45) is 0 Å². The minimum Gasteiger partial charge on any atom is -0.507 e. The summed E-state index contributed by atoms with van der Waals surface area (Å²) in [5, 5.41) is 22.2.